The summed E-state index contributed by atoms with van der Waals surface area (Å²) in [5, 5.41) is 10.4. The summed E-state index contributed by atoms with van der Waals surface area (Å²) in [6.07, 6.45) is 4.57. The molecule has 1 aromatic heterocycles. The molecule has 0 radical (unpaired) electrons. The van der Waals surface area contributed by atoms with E-state index in [-0.39, 0.29) is 0 Å². The minimum absolute atomic E-state index is 0.376. The van der Waals surface area contributed by atoms with Crippen molar-refractivity contribution in [1.29, 1.82) is 0 Å². The van der Waals surface area contributed by atoms with Gasteiger partial charge in [-0.3, -0.25) is 5.10 Å². The quantitative estimate of drug-likeness (QED) is 0.784. The molecule has 16 heavy (non-hydrogen) atoms. The van der Waals surface area contributed by atoms with Gasteiger partial charge in [0.2, 0.25) is 0 Å². The van der Waals surface area contributed by atoms with E-state index in [0.717, 1.165) is 50.4 Å². The number of nitrogens with zero attached hydrogens (tertiary/aromatic N) is 2. The molecule has 1 aromatic rings. The Balaban J connectivity index is 1.75. The van der Waals surface area contributed by atoms with Gasteiger partial charge in [0.1, 0.15) is 6.61 Å². The third kappa shape index (κ3) is 3.28. The number of ether oxygens (including phenoxy) is 1. The van der Waals surface area contributed by atoms with Crippen LogP contribution in [0.15, 0.2) is 0 Å². The normalized spacial score (nSPS) is 17.8. The van der Waals surface area contributed by atoms with E-state index in [0.29, 0.717) is 12.7 Å². The minimum atomic E-state index is 0.376. The maximum atomic E-state index is 5.79. The third-order valence-electron chi connectivity index (χ3n) is 2.79. The second-order valence-corrected chi connectivity index (χ2v) is 4.21. The molecule has 2 rings (SSSR count). The SMILES string of the molecule is CCCc1n[nH]c(COC2CCNCC2)n1. The molecule has 0 spiro atoms. The average Bonchev–Trinajstić information content (AvgIpc) is 2.76. The summed E-state index contributed by atoms with van der Waals surface area (Å²) in [5.41, 5.74) is 0. The predicted molar refractivity (Wildman–Crippen MR) is 61.1 cm³/mol. The van der Waals surface area contributed by atoms with Crippen molar-refractivity contribution >= 4 is 0 Å². The fourth-order valence-corrected chi connectivity index (χ4v) is 1.89. The first-order valence-electron chi connectivity index (χ1n) is 6.11. The standard InChI is InChI=1S/C11H20N4O/c1-2-3-10-13-11(15-14-10)8-16-9-4-6-12-7-5-9/h9,12H,2-8H2,1H3,(H,13,14,15). The van der Waals surface area contributed by atoms with E-state index in [1.54, 1.807) is 0 Å². The van der Waals surface area contributed by atoms with Gasteiger partial charge in [-0.2, -0.15) is 5.10 Å². The lowest BCUT2D eigenvalue weighted by molar-refractivity contribution is 0.0179. The molecule has 1 fully saturated rings. The number of aryl methyl sites for hydroxylation is 1. The summed E-state index contributed by atoms with van der Waals surface area (Å²) in [6.45, 7) is 4.80. The maximum Gasteiger partial charge on any atom is 0.150 e. The van der Waals surface area contributed by atoms with Crippen molar-refractivity contribution in [3.63, 3.8) is 0 Å². The van der Waals surface area contributed by atoms with Crippen LogP contribution in [0.5, 0.6) is 0 Å². The van der Waals surface area contributed by atoms with Gasteiger partial charge in [0.15, 0.2) is 11.6 Å². The Labute approximate surface area is 96.0 Å². The number of H-pyrrole nitrogens is 1. The molecule has 5 nitrogen and oxygen atoms in total. The van der Waals surface area contributed by atoms with Gasteiger partial charge in [-0.15, -0.1) is 0 Å². The topological polar surface area (TPSA) is 62.8 Å². The summed E-state index contributed by atoms with van der Waals surface area (Å²) in [5.74, 6) is 1.74. The number of piperidine rings is 1. The molecule has 0 saturated carbocycles. The zero-order valence-electron chi connectivity index (χ0n) is 9.83. The molecule has 0 aliphatic carbocycles. The molecule has 1 aliphatic heterocycles. The van der Waals surface area contributed by atoms with Crippen LogP contribution < -0.4 is 5.32 Å². The minimum Gasteiger partial charge on any atom is -0.370 e. The Bertz CT molecular complexity index is 307. The van der Waals surface area contributed by atoms with Gasteiger partial charge in [-0.25, -0.2) is 4.98 Å². The lowest BCUT2D eigenvalue weighted by atomic mass is 10.1. The average molecular weight is 224 g/mol. The third-order valence-corrected chi connectivity index (χ3v) is 2.79. The molecule has 0 unspecified atom stereocenters. The Morgan fingerprint density at radius 1 is 1.38 bits per heavy atom. The molecule has 5 heteroatoms. The molecular weight excluding hydrogens is 204 g/mol. The van der Waals surface area contributed by atoms with Gasteiger partial charge in [0.05, 0.1) is 6.10 Å². The highest BCUT2D eigenvalue weighted by molar-refractivity contribution is 4.89. The van der Waals surface area contributed by atoms with E-state index in [9.17, 15) is 0 Å². The number of nitrogens with one attached hydrogen (secondary N) is 2. The zero-order valence-corrected chi connectivity index (χ0v) is 9.83. The van der Waals surface area contributed by atoms with E-state index in [2.05, 4.69) is 27.4 Å². The largest absolute Gasteiger partial charge is 0.370 e. The number of aromatic amines is 1. The number of aromatic nitrogens is 3. The van der Waals surface area contributed by atoms with Crippen molar-refractivity contribution in [3.8, 4) is 0 Å². The summed E-state index contributed by atoms with van der Waals surface area (Å²) in [7, 11) is 0. The zero-order chi connectivity index (χ0) is 11.2. The van der Waals surface area contributed by atoms with Crippen LogP contribution in [0.1, 0.15) is 37.8 Å². The molecule has 0 amide bonds. The highest BCUT2D eigenvalue weighted by atomic mass is 16.5. The van der Waals surface area contributed by atoms with Crippen LogP contribution in [0.25, 0.3) is 0 Å². The van der Waals surface area contributed by atoms with Gasteiger partial charge >= 0.3 is 0 Å². The molecule has 2 heterocycles. The Hall–Kier alpha value is -0.940. The molecule has 1 aliphatic rings. The smallest absolute Gasteiger partial charge is 0.150 e. The predicted octanol–water partition coefficient (Wildman–Crippen LogP) is 1.03. The first-order chi connectivity index (χ1) is 7.88. The van der Waals surface area contributed by atoms with Crippen LogP contribution in [0.3, 0.4) is 0 Å². The van der Waals surface area contributed by atoms with Crippen LogP contribution in [-0.2, 0) is 17.8 Å². The molecule has 0 aromatic carbocycles. The fourth-order valence-electron chi connectivity index (χ4n) is 1.89. The van der Waals surface area contributed by atoms with Gasteiger partial charge in [0.25, 0.3) is 0 Å². The monoisotopic (exact) mass is 224 g/mol. The van der Waals surface area contributed by atoms with Crippen molar-refractivity contribution in [1.82, 2.24) is 20.5 Å². The molecule has 0 bridgehead atoms. The Morgan fingerprint density at radius 3 is 2.94 bits per heavy atom. The van der Waals surface area contributed by atoms with Crippen LogP contribution in [-0.4, -0.2) is 34.4 Å². The van der Waals surface area contributed by atoms with Crippen molar-refractivity contribution in [2.45, 2.75) is 45.3 Å². The van der Waals surface area contributed by atoms with Crippen LogP contribution >= 0.6 is 0 Å². The van der Waals surface area contributed by atoms with Gasteiger partial charge in [-0.05, 0) is 32.4 Å². The first kappa shape index (κ1) is 11.5. The van der Waals surface area contributed by atoms with Gasteiger partial charge in [0, 0.05) is 6.42 Å². The van der Waals surface area contributed by atoms with Crippen molar-refractivity contribution < 1.29 is 4.74 Å². The second kappa shape index (κ2) is 5.96. The van der Waals surface area contributed by atoms with Crippen molar-refractivity contribution in [2.75, 3.05) is 13.1 Å². The first-order valence-corrected chi connectivity index (χ1v) is 6.11. The second-order valence-electron chi connectivity index (χ2n) is 4.21. The molecule has 1 saturated heterocycles. The molecule has 90 valence electrons. The summed E-state index contributed by atoms with van der Waals surface area (Å²) in [6, 6.07) is 0. The maximum absolute atomic E-state index is 5.79. The van der Waals surface area contributed by atoms with E-state index < -0.39 is 0 Å². The number of hydrogen-bond donors (Lipinski definition) is 2. The van der Waals surface area contributed by atoms with E-state index in [1.165, 1.54) is 0 Å². The Kier molecular flexibility index (Phi) is 4.30. The van der Waals surface area contributed by atoms with E-state index >= 15 is 0 Å². The lowest BCUT2D eigenvalue weighted by Crippen LogP contribution is -2.32. The summed E-state index contributed by atoms with van der Waals surface area (Å²) < 4.78 is 5.79. The summed E-state index contributed by atoms with van der Waals surface area (Å²) >= 11 is 0. The molecule has 0 atom stereocenters. The van der Waals surface area contributed by atoms with Crippen molar-refractivity contribution in [3.05, 3.63) is 11.6 Å². The summed E-state index contributed by atoms with van der Waals surface area (Å²) in [4.78, 5) is 4.38. The van der Waals surface area contributed by atoms with Gasteiger partial charge < -0.3 is 10.1 Å². The number of hydrogen-bond acceptors (Lipinski definition) is 4. The molecular formula is C11H20N4O. The van der Waals surface area contributed by atoms with Crippen LogP contribution in [0.4, 0.5) is 0 Å². The highest BCUT2D eigenvalue weighted by Gasteiger charge is 2.14. The van der Waals surface area contributed by atoms with Crippen LogP contribution in [0, 0.1) is 0 Å². The molecule has 2 N–H and O–H groups in total. The lowest BCUT2D eigenvalue weighted by Gasteiger charge is -2.22. The van der Waals surface area contributed by atoms with E-state index in [4.69, 9.17) is 4.74 Å². The highest BCUT2D eigenvalue weighted by Crippen LogP contribution is 2.09. The van der Waals surface area contributed by atoms with Gasteiger partial charge in [-0.1, -0.05) is 6.92 Å². The number of rotatable bonds is 5. The fraction of sp³-hybridized carbons (Fsp3) is 0.818. The Morgan fingerprint density at radius 2 is 2.19 bits per heavy atom. The van der Waals surface area contributed by atoms with E-state index in [1.807, 2.05) is 0 Å². The van der Waals surface area contributed by atoms with Crippen LogP contribution in [0.2, 0.25) is 0 Å². The van der Waals surface area contributed by atoms with Crippen molar-refractivity contribution in [2.24, 2.45) is 0 Å².